The largest absolute Gasteiger partial charge is 0.508 e. The van der Waals surface area contributed by atoms with Gasteiger partial charge in [-0.05, 0) is 43.0 Å². The standard InChI is InChI=1S/C13H19NO2/c14-8-13(11-2-1-7-16-9-11)10-3-5-12(15)6-4-10/h3-6,11,13,15H,1-2,7-9,14H2. The van der Waals surface area contributed by atoms with Crippen molar-refractivity contribution in [3.8, 4) is 5.75 Å². The topological polar surface area (TPSA) is 55.5 Å². The van der Waals surface area contributed by atoms with E-state index in [9.17, 15) is 5.11 Å². The second-order valence-electron chi connectivity index (χ2n) is 4.41. The molecule has 1 aromatic carbocycles. The highest BCUT2D eigenvalue weighted by Gasteiger charge is 2.24. The zero-order chi connectivity index (χ0) is 11.4. The number of rotatable bonds is 3. The molecule has 0 radical (unpaired) electrons. The van der Waals surface area contributed by atoms with Gasteiger partial charge in [-0.1, -0.05) is 12.1 Å². The molecule has 1 aromatic rings. The molecule has 2 unspecified atom stereocenters. The quantitative estimate of drug-likeness (QED) is 0.819. The van der Waals surface area contributed by atoms with E-state index in [4.69, 9.17) is 10.5 Å². The summed E-state index contributed by atoms with van der Waals surface area (Å²) in [6, 6.07) is 7.37. The van der Waals surface area contributed by atoms with E-state index in [-0.39, 0.29) is 0 Å². The molecule has 0 aliphatic carbocycles. The van der Waals surface area contributed by atoms with Crippen LogP contribution < -0.4 is 5.73 Å². The maximum Gasteiger partial charge on any atom is 0.115 e. The van der Waals surface area contributed by atoms with Crippen LogP contribution in [0.4, 0.5) is 0 Å². The van der Waals surface area contributed by atoms with Gasteiger partial charge in [0, 0.05) is 12.5 Å². The molecule has 1 aliphatic heterocycles. The Morgan fingerprint density at radius 2 is 2.12 bits per heavy atom. The van der Waals surface area contributed by atoms with Crippen molar-refractivity contribution in [3.63, 3.8) is 0 Å². The Hall–Kier alpha value is -1.06. The SMILES string of the molecule is NCC(c1ccc(O)cc1)C1CCCOC1. The fourth-order valence-electron chi connectivity index (χ4n) is 2.41. The van der Waals surface area contributed by atoms with Gasteiger partial charge in [0.2, 0.25) is 0 Å². The van der Waals surface area contributed by atoms with Gasteiger partial charge in [0.25, 0.3) is 0 Å². The lowest BCUT2D eigenvalue weighted by atomic mass is 9.83. The lowest BCUT2D eigenvalue weighted by Crippen LogP contribution is -2.28. The predicted octanol–water partition coefficient (Wildman–Crippen LogP) is 1.86. The van der Waals surface area contributed by atoms with Crippen molar-refractivity contribution >= 4 is 0 Å². The summed E-state index contributed by atoms with van der Waals surface area (Å²) in [7, 11) is 0. The van der Waals surface area contributed by atoms with Crippen LogP contribution in [-0.4, -0.2) is 24.9 Å². The highest BCUT2D eigenvalue weighted by atomic mass is 16.5. The number of phenols is 1. The summed E-state index contributed by atoms with van der Waals surface area (Å²) in [6.45, 7) is 2.32. The number of nitrogens with two attached hydrogens (primary N) is 1. The molecule has 0 bridgehead atoms. The third kappa shape index (κ3) is 2.54. The van der Waals surface area contributed by atoms with Crippen LogP contribution in [0, 0.1) is 5.92 Å². The first-order valence-corrected chi connectivity index (χ1v) is 5.88. The minimum Gasteiger partial charge on any atom is -0.508 e. The molecule has 1 fully saturated rings. The Kier molecular flexibility index (Phi) is 3.80. The molecule has 1 heterocycles. The third-order valence-electron chi connectivity index (χ3n) is 3.34. The van der Waals surface area contributed by atoms with Gasteiger partial charge in [-0.25, -0.2) is 0 Å². The fourth-order valence-corrected chi connectivity index (χ4v) is 2.41. The zero-order valence-electron chi connectivity index (χ0n) is 9.43. The van der Waals surface area contributed by atoms with Gasteiger partial charge >= 0.3 is 0 Å². The van der Waals surface area contributed by atoms with Gasteiger partial charge in [-0.15, -0.1) is 0 Å². The molecule has 1 aliphatic rings. The summed E-state index contributed by atoms with van der Waals surface area (Å²) in [5, 5.41) is 9.27. The van der Waals surface area contributed by atoms with Crippen LogP contribution in [0.5, 0.6) is 5.75 Å². The number of benzene rings is 1. The van der Waals surface area contributed by atoms with Crippen molar-refractivity contribution in [2.75, 3.05) is 19.8 Å². The monoisotopic (exact) mass is 221 g/mol. The molecular weight excluding hydrogens is 202 g/mol. The number of aromatic hydroxyl groups is 1. The van der Waals surface area contributed by atoms with Crippen LogP contribution in [-0.2, 0) is 4.74 Å². The average Bonchev–Trinajstić information content (AvgIpc) is 2.34. The minimum atomic E-state index is 0.305. The first kappa shape index (κ1) is 11.4. The van der Waals surface area contributed by atoms with Crippen molar-refractivity contribution < 1.29 is 9.84 Å². The third-order valence-corrected chi connectivity index (χ3v) is 3.34. The average molecular weight is 221 g/mol. The van der Waals surface area contributed by atoms with Crippen LogP contribution >= 0.6 is 0 Å². The van der Waals surface area contributed by atoms with Gasteiger partial charge in [-0.2, -0.15) is 0 Å². The second kappa shape index (κ2) is 5.32. The molecule has 3 nitrogen and oxygen atoms in total. The molecular formula is C13H19NO2. The lowest BCUT2D eigenvalue weighted by molar-refractivity contribution is 0.0450. The van der Waals surface area contributed by atoms with Crippen molar-refractivity contribution in [2.45, 2.75) is 18.8 Å². The highest BCUT2D eigenvalue weighted by Crippen LogP contribution is 2.30. The number of hydrogen-bond acceptors (Lipinski definition) is 3. The summed E-state index contributed by atoms with van der Waals surface area (Å²) in [6.07, 6.45) is 2.31. The van der Waals surface area contributed by atoms with Gasteiger partial charge in [-0.3, -0.25) is 0 Å². The molecule has 2 atom stereocenters. The van der Waals surface area contributed by atoms with Crippen molar-refractivity contribution in [1.82, 2.24) is 0 Å². The van der Waals surface area contributed by atoms with Crippen molar-refractivity contribution in [2.24, 2.45) is 11.7 Å². The van der Waals surface area contributed by atoms with Crippen molar-refractivity contribution in [3.05, 3.63) is 29.8 Å². The molecule has 0 aromatic heterocycles. The fraction of sp³-hybridized carbons (Fsp3) is 0.538. The van der Waals surface area contributed by atoms with Gasteiger partial charge in [0.15, 0.2) is 0 Å². The molecule has 0 saturated carbocycles. The van der Waals surface area contributed by atoms with E-state index in [0.717, 1.165) is 19.6 Å². The molecule has 1 saturated heterocycles. The predicted molar refractivity (Wildman–Crippen MR) is 63.4 cm³/mol. The molecule has 3 N–H and O–H groups in total. The molecule has 88 valence electrons. The minimum absolute atomic E-state index is 0.305. The van der Waals surface area contributed by atoms with Crippen LogP contribution in [0.15, 0.2) is 24.3 Å². The Morgan fingerprint density at radius 1 is 1.38 bits per heavy atom. The maximum atomic E-state index is 9.27. The summed E-state index contributed by atoms with van der Waals surface area (Å²) in [5.41, 5.74) is 7.06. The summed E-state index contributed by atoms with van der Waals surface area (Å²) >= 11 is 0. The Bertz CT molecular complexity index is 317. The number of phenolic OH excluding ortho intramolecular Hbond substituents is 1. The van der Waals surface area contributed by atoms with Crippen LogP contribution in [0.3, 0.4) is 0 Å². The number of ether oxygens (including phenoxy) is 1. The lowest BCUT2D eigenvalue weighted by Gasteiger charge is -2.29. The Labute approximate surface area is 96.2 Å². The first-order valence-electron chi connectivity index (χ1n) is 5.88. The molecule has 3 heteroatoms. The summed E-state index contributed by atoms with van der Waals surface area (Å²) in [4.78, 5) is 0. The van der Waals surface area contributed by atoms with Crippen LogP contribution in [0.1, 0.15) is 24.3 Å². The zero-order valence-corrected chi connectivity index (χ0v) is 9.43. The smallest absolute Gasteiger partial charge is 0.115 e. The van der Waals surface area contributed by atoms with Crippen LogP contribution in [0.25, 0.3) is 0 Å². The van der Waals surface area contributed by atoms with E-state index in [1.165, 1.54) is 12.0 Å². The molecule has 0 spiro atoms. The first-order chi connectivity index (χ1) is 7.81. The van der Waals surface area contributed by atoms with E-state index in [1.807, 2.05) is 12.1 Å². The normalized spacial score (nSPS) is 22.9. The van der Waals surface area contributed by atoms with E-state index in [0.29, 0.717) is 24.1 Å². The second-order valence-corrected chi connectivity index (χ2v) is 4.41. The number of hydrogen-bond donors (Lipinski definition) is 2. The maximum absolute atomic E-state index is 9.27. The molecule has 16 heavy (non-hydrogen) atoms. The highest BCUT2D eigenvalue weighted by molar-refractivity contribution is 5.29. The van der Waals surface area contributed by atoms with E-state index >= 15 is 0 Å². The summed E-state index contributed by atoms with van der Waals surface area (Å²) < 4.78 is 5.51. The Morgan fingerprint density at radius 3 is 2.69 bits per heavy atom. The van der Waals surface area contributed by atoms with Crippen LogP contribution in [0.2, 0.25) is 0 Å². The van der Waals surface area contributed by atoms with E-state index in [1.54, 1.807) is 12.1 Å². The molecule has 2 rings (SSSR count). The van der Waals surface area contributed by atoms with Gasteiger partial charge in [0.05, 0.1) is 6.61 Å². The van der Waals surface area contributed by atoms with E-state index in [2.05, 4.69) is 0 Å². The van der Waals surface area contributed by atoms with Gasteiger partial charge < -0.3 is 15.6 Å². The molecule has 0 amide bonds. The van der Waals surface area contributed by atoms with E-state index < -0.39 is 0 Å². The summed E-state index contributed by atoms with van der Waals surface area (Å²) in [5.74, 6) is 1.17. The van der Waals surface area contributed by atoms with Gasteiger partial charge in [0.1, 0.15) is 5.75 Å². The van der Waals surface area contributed by atoms with Crippen molar-refractivity contribution in [1.29, 1.82) is 0 Å². The Balaban J connectivity index is 2.11.